The van der Waals surface area contributed by atoms with Crippen LogP contribution in [0.2, 0.25) is 0 Å². The van der Waals surface area contributed by atoms with Crippen LogP contribution in [-0.2, 0) is 12.6 Å². The number of benzene rings is 1. The maximum absolute atomic E-state index is 12.6. The van der Waals surface area contributed by atoms with Gasteiger partial charge in [-0.05, 0) is 24.5 Å². The largest absolute Gasteiger partial charge is 0.497 e. The molecule has 0 bridgehead atoms. The van der Waals surface area contributed by atoms with E-state index in [0.29, 0.717) is 29.9 Å². The van der Waals surface area contributed by atoms with Gasteiger partial charge in [0.15, 0.2) is 11.7 Å². The predicted molar refractivity (Wildman–Crippen MR) is 129 cm³/mol. The molecule has 2 aromatic rings. The normalized spacial score (nSPS) is 16.7. The smallest absolute Gasteiger partial charge is 0.434 e. The summed E-state index contributed by atoms with van der Waals surface area (Å²) in [4.78, 5) is 10.2. The lowest BCUT2D eigenvalue weighted by Gasteiger charge is -2.20. The number of halogens is 4. The summed E-state index contributed by atoms with van der Waals surface area (Å²) in [7, 11) is 3.34. The second-order valence-electron chi connectivity index (χ2n) is 7.06. The van der Waals surface area contributed by atoms with Gasteiger partial charge in [-0.2, -0.15) is 13.2 Å². The maximum Gasteiger partial charge on any atom is 0.434 e. The van der Waals surface area contributed by atoms with E-state index in [-0.39, 0.29) is 24.0 Å². The molecule has 2 N–H and O–H groups in total. The summed E-state index contributed by atoms with van der Waals surface area (Å²) < 4.78 is 43.2. The first-order valence-corrected chi connectivity index (χ1v) is 10.6. The van der Waals surface area contributed by atoms with Crippen molar-refractivity contribution in [2.24, 2.45) is 10.9 Å². The van der Waals surface area contributed by atoms with E-state index in [2.05, 4.69) is 31.6 Å². The minimum Gasteiger partial charge on any atom is -0.497 e. The fourth-order valence-corrected chi connectivity index (χ4v) is 4.15. The summed E-state index contributed by atoms with van der Waals surface area (Å²) in [5, 5.41) is 7.96. The Hall–Kier alpha value is -1.76. The summed E-state index contributed by atoms with van der Waals surface area (Å²) in [6, 6.07) is 8.05. The van der Waals surface area contributed by atoms with Crippen LogP contribution >= 0.6 is 35.3 Å². The van der Waals surface area contributed by atoms with Crippen molar-refractivity contribution in [2.75, 3.05) is 45.2 Å². The van der Waals surface area contributed by atoms with Crippen LogP contribution in [0.25, 0.3) is 0 Å². The molecule has 0 aliphatic carbocycles. The van der Waals surface area contributed by atoms with Gasteiger partial charge in [0.25, 0.3) is 0 Å². The van der Waals surface area contributed by atoms with Gasteiger partial charge in [0.05, 0.1) is 12.1 Å². The Morgan fingerprint density at radius 3 is 2.84 bits per heavy atom. The van der Waals surface area contributed by atoms with Gasteiger partial charge in [0, 0.05) is 56.8 Å². The minimum absolute atomic E-state index is 0. The molecule has 0 amide bonds. The first-order chi connectivity index (χ1) is 14.4. The number of thiazole rings is 1. The van der Waals surface area contributed by atoms with Crippen molar-refractivity contribution < 1.29 is 17.9 Å². The van der Waals surface area contributed by atoms with Crippen molar-refractivity contribution in [3.63, 3.8) is 0 Å². The molecule has 11 heteroatoms. The van der Waals surface area contributed by atoms with E-state index in [9.17, 15) is 13.2 Å². The number of alkyl halides is 3. The minimum atomic E-state index is -4.39. The fraction of sp³-hybridized carbons (Fsp3) is 0.500. The molecule has 31 heavy (non-hydrogen) atoms. The highest BCUT2D eigenvalue weighted by atomic mass is 127. The Morgan fingerprint density at radius 2 is 2.16 bits per heavy atom. The summed E-state index contributed by atoms with van der Waals surface area (Å²) in [5.74, 6) is 1.96. The van der Waals surface area contributed by atoms with Gasteiger partial charge >= 0.3 is 6.18 Å². The second kappa shape index (κ2) is 11.7. The number of ether oxygens (including phenoxy) is 1. The van der Waals surface area contributed by atoms with Crippen molar-refractivity contribution >= 4 is 47.0 Å². The molecule has 0 saturated carbocycles. The van der Waals surface area contributed by atoms with Gasteiger partial charge in [-0.15, -0.1) is 35.3 Å². The number of rotatable bonds is 7. The van der Waals surface area contributed by atoms with Crippen molar-refractivity contribution in [1.29, 1.82) is 0 Å². The molecule has 1 saturated heterocycles. The molecule has 1 aliphatic rings. The van der Waals surface area contributed by atoms with Gasteiger partial charge in [-0.25, -0.2) is 4.98 Å². The van der Waals surface area contributed by atoms with Gasteiger partial charge in [0.2, 0.25) is 0 Å². The van der Waals surface area contributed by atoms with Crippen molar-refractivity contribution in [2.45, 2.75) is 19.0 Å². The van der Waals surface area contributed by atoms with Crippen LogP contribution in [0.15, 0.2) is 34.6 Å². The first kappa shape index (κ1) is 25.5. The number of hydrogen-bond acceptors (Lipinski definition) is 5. The lowest BCUT2D eigenvalue weighted by atomic mass is 10.1. The molecule has 1 aliphatic heterocycles. The van der Waals surface area contributed by atoms with Gasteiger partial charge < -0.3 is 20.3 Å². The van der Waals surface area contributed by atoms with Crippen LogP contribution in [0.4, 0.5) is 18.9 Å². The van der Waals surface area contributed by atoms with Crippen LogP contribution in [0.3, 0.4) is 0 Å². The molecule has 1 atom stereocenters. The Bertz CT molecular complexity index is 861. The van der Waals surface area contributed by atoms with Crippen molar-refractivity contribution in [3.8, 4) is 5.75 Å². The average molecular weight is 569 g/mol. The van der Waals surface area contributed by atoms with Crippen LogP contribution in [0, 0.1) is 5.92 Å². The monoisotopic (exact) mass is 569 g/mol. The summed E-state index contributed by atoms with van der Waals surface area (Å²) >= 11 is 1.02. The molecule has 1 fully saturated rings. The van der Waals surface area contributed by atoms with Crippen LogP contribution in [0.1, 0.15) is 17.1 Å². The zero-order valence-electron chi connectivity index (χ0n) is 17.4. The Labute approximate surface area is 201 Å². The van der Waals surface area contributed by atoms with E-state index >= 15 is 0 Å². The zero-order valence-corrected chi connectivity index (χ0v) is 20.6. The number of nitrogens with zero attached hydrogens (tertiary/aromatic N) is 3. The van der Waals surface area contributed by atoms with Gasteiger partial charge in [-0.3, -0.25) is 4.99 Å². The number of aliphatic imine (C=N–C) groups is 1. The lowest BCUT2D eigenvalue weighted by molar-refractivity contribution is -0.140. The van der Waals surface area contributed by atoms with Crippen LogP contribution < -0.4 is 20.3 Å². The third-order valence-corrected chi connectivity index (χ3v) is 5.87. The predicted octanol–water partition coefficient (Wildman–Crippen LogP) is 4.02. The van der Waals surface area contributed by atoms with E-state index in [4.69, 9.17) is 4.74 Å². The molecule has 1 aromatic carbocycles. The highest BCUT2D eigenvalue weighted by Crippen LogP contribution is 2.30. The van der Waals surface area contributed by atoms with Crippen molar-refractivity contribution in [1.82, 2.24) is 15.6 Å². The number of hydrogen-bond donors (Lipinski definition) is 2. The fourth-order valence-electron chi connectivity index (χ4n) is 3.35. The highest BCUT2D eigenvalue weighted by molar-refractivity contribution is 14.0. The summed E-state index contributed by atoms with van der Waals surface area (Å²) in [6.45, 7) is 3.16. The number of guanidine groups is 1. The molecule has 2 heterocycles. The SMILES string of the molecule is CN=C(NCCc1nc(C(F)(F)F)cs1)NCC1CCN(c2cccc(OC)c2)C1.I. The highest BCUT2D eigenvalue weighted by Gasteiger charge is 2.33. The zero-order chi connectivity index (χ0) is 21.6. The molecule has 172 valence electrons. The molecular weight excluding hydrogens is 542 g/mol. The average Bonchev–Trinajstić information content (AvgIpc) is 3.40. The maximum atomic E-state index is 12.6. The summed E-state index contributed by atoms with van der Waals surface area (Å²) in [5.41, 5.74) is 0.327. The van der Waals surface area contributed by atoms with Gasteiger partial charge in [-0.1, -0.05) is 6.07 Å². The molecule has 1 aromatic heterocycles. The standard InChI is InChI=1S/C20H26F3N5OS.HI/c1-24-19(25-8-6-18-27-17(13-30-18)20(21,22)23)26-11-14-7-9-28(12-14)15-4-3-5-16(10-15)29-2;/h3-5,10,13-14H,6-9,11-12H2,1-2H3,(H2,24,25,26);1H. The second-order valence-corrected chi connectivity index (χ2v) is 8.00. The van der Waals surface area contributed by atoms with E-state index in [1.807, 2.05) is 18.2 Å². The molecule has 1 unspecified atom stereocenters. The Morgan fingerprint density at radius 1 is 1.35 bits per heavy atom. The molecule has 0 radical (unpaired) electrons. The molecule has 3 rings (SSSR count). The number of anilines is 1. The number of methoxy groups -OCH3 is 1. The topological polar surface area (TPSA) is 61.8 Å². The van der Waals surface area contributed by atoms with E-state index < -0.39 is 11.9 Å². The lowest BCUT2D eigenvalue weighted by Crippen LogP contribution is -2.41. The quantitative estimate of drug-likeness (QED) is 0.300. The van der Waals surface area contributed by atoms with Crippen molar-refractivity contribution in [3.05, 3.63) is 40.3 Å². The summed E-state index contributed by atoms with van der Waals surface area (Å²) in [6.07, 6.45) is -2.91. The van der Waals surface area contributed by atoms with E-state index in [0.717, 1.165) is 54.2 Å². The molecular formula is C20H27F3IN5OS. The number of aromatic nitrogens is 1. The third kappa shape index (κ3) is 7.41. The van der Waals surface area contributed by atoms with E-state index in [1.54, 1.807) is 14.2 Å². The van der Waals surface area contributed by atoms with Crippen LogP contribution in [-0.4, -0.2) is 51.3 Å². The molecule has 6 nitrogen and oxygen atoms in total. The van der Waals surface area contributed by atoms with Gasteiger partial charge in [0.1, 0.15) is 5.75 Å². The van der Waals surface area contributed by atoms with Crippen LogP contribution in [0.5, 0.6) is 5.75 Å². The Kier molecular flexibility index (Phi) is 9.66. The third-order valence-electron chi connectivity index (χ3n) is 4.96. The van der Waals surface area contributed by atoms with E-state index in [1.165, 1.54) is 0 Å². The number of nitrogens with one attached hydrogen (secondary N) is 2. The molecule has 0 spiro atoms. The Balaban J connectivity index is 0.00000341. The first-order valence-electron chi connectivity index (χ1n) is 9.74.